The number of rotatable bonds is 5. The van der Waals surface area contributed by atoms with Crippen LogP contribution in [-0.4, -0.2) is 18.3 Å². The highest BCUT2D eigenvalue weighted by molar-refractivity contribution is 5.25. The quantitative estimate of drug-likeness (QED) is 0.801. The van der Waals surface area contributed by atoms with Crippen molar-refractivity contribution < 1.29 is 5.11 Å². The summed E-state index contributed by atoms with van der Waals surface area (Å²) in [4.78, 5) is 0. The van der Waals surface area contributed by atoms with Crippen LogP contribution in [0.1, 0.15) is 37.8 Å². The Morgan fingerprint density at radius 3 is 2.19 bits per heavy atom. The Bertz CT molecular complexity index is 312. The Morgan fingerprint density at radius 1 is 1.25 bits per heavy atom. The molecule has 90 valence electrons. The van der Waals surface area contributed by atoms with Crippen molar-refractivity contribution in [2.24, 2.45) is 11.1 Å². The molecule has 0 aliphatic heterocycles. The fourth-order valence-corrected chi connectivity index (χ4v) is 1.71. The number of hydrogen-bond acceptors (Lipinski definition) is 2. The van der Waals surface area contributed by atoms with Crippen LogP contribution < -0.4 is 5.73 Å². The third-order valence-corrected chi connectivity index (χ3v) is 3.15. The number of aliphatic hydroxyl groups excluding tert-OH is 1. The Kier molecular flexibility index (Phi) is 4.51. The fraction of sp³-hybridized carbons (Fsp3) is 0.571. The molecule has 1 aromatic rings. The van der Waals surface area contributed by atoms with Crippen molar-refractivity contribution in [2.75, 3.05) is 13.2 Å². The van der Waals surface area contributed by atoms with Gasteiger partial charge in [-0.1, -0.05) is 45.0 Å². The lowest BCUT2D eigenvalue weighted by atomic mass is 9.84. The van der Waals surface area contributed by atoms with Crippen LogP contribution in [0.4, 0.5) is 0 Å². The van der Waals surface area contributed by atoms with Crippen LogP contribution >= 0.6 is 0 Å². The van der Waals surface area contributed by atoms with Gasteiger partial charge in [-0.05, 0) is 23.5 Å². The zero-order valence-electron chi connectivity index (χ0n) is 10.5. The first-order valence-corrected chi connectivity index (χ1v) is 5.90. The van der Waals surface area contributed by atoms with E-state index in [1.807, 2.05) is 6.92 Å². The maximum Gasteiger partial charge on any atom is 0.0500 e. The molecule has 2 heteroatoms. The zero-order chi connectivity index (χ0) is 12.2. The van der Waals surface area contributed by atoms with Crippen molar-refractivity contribution in [1.29, 1.82) is 0 Å². The summed E-state index contributed by atoms with van der Waals surface area (Å²) < 4.78 is 0. The molecular weight excluding hydrogens is 198 g/mol. The minimum atomic E-state index is -0.195. The molecule has 16 heavy (non-hydrogen) atoms. The fourth-order valence-electron chi connectivity index (χ4n) is 1.71. The maximum absolute atomic E-state index is 9.31. The molecule has 0 fully saturated rings. The predicted molar refractivity (Wildman–Crippen MR) is 68.5 cm³/mol. The van der Waals surface area contributed by atoms with Gasteiger partial charge in [-0.25, -0.2) is 0 Å². The van der Waals surface area contributed by atoms with E-state index in [1.54, 1.807) is 0 Å². The van der Waals surface area contributed by atoms with Gasteiger partial charge in [-0.3, -0.25) is 0 Å². The van der Waals surface area contributed by atoms with Crippen molar-refractivity contribution in [3.63, 3.8) is 0 Å². The lowest BCUT2D eigenvalue weighted by molar-refractivity contribution is 0.149. The molecule has 0 aliphatic rings. The van der Waals surface area contributed by atoms with Crippen molar-refractivity contribution in [3.05, 3.63) is 35.4 Å². The van der Waals surface area contributed by atoms with E-state index >= 15 is 0 Å². The highest BCUT2D eigenvalue weighted by Gasteiger charge is 2.21. The summed E-state index contributed by atoms with van der Waals surface area (Å²) in [7, 11) is 0. The number of nitrogens with two attached hydrogens (primary N) is 1. The second-order valence-electron chi connectivity index (χ2n) is 5.25. The standard InChI is InChI=1S/C14H23NO/c1-11(2)13-6-4-12(5-7-13)8-14(3,9-15)10-16/h4-7,11,16H,8-10,15H2,1-3H3. The molecular formula is C14H23NO. The summed E-state index contributed by atoms with van der Waals surface area (Å²) in [5, 5.41) is 9.31. The number of hydrogen-bond donors (Lipinski definition) is 2. The molecule has 1 unspecified atom stereocenters. The van der Waals surface area contributed by atoms with Gasteiger partial charge in [0.05, 0.1) is 0 Å². The van der Waals surface area contributed by atoms with Gasteiger partial charge in [0, 0.05) is 18.6 Å². The summed E-state index contributed by atoms with van der Waals surface area (Å²) in [6.07, 6.45) is 0.832. The summed E-state index contributed by atoms with van der Waals surface area (Å²) in [5.41, 5.74) is 8.08. The molecule has 0 heterocycles. The second-order valence-corrected chi connectivity index (χ2v) is 5.25. The van der Waals surface area contributed by atoms with E-state index in [-0.39, 0.29) is 12.0 Å². The Balaban J connectivity index is 2.75. The summed E-state index contributed by atoms with van der Waals surface area (Å²) in [5.74, 6) is 0.563. The van der Waals surface area contributed by atoms with Crippen molar-refractivity contribution in [2.45, 2.75) is 33.1 Å². The molecule has 1 rings (SSSR count). The smallest absolute Gasteiger partial charge is 0.0500 e. The zero-order valence-corrected chi connectivity index (χ0v) is 10.5. The van der Waals surface area contributed by atoms with E-state index < -0.39 is 0 Å². The summed E-state index contributed by atoms with van der Waals surface area (Å²) in [6.45, 7) is 7.04. The second kappa shape index (κ2) is 5.46. The molecule has 2 nitrogen and oxygen atoms in total. The molecule has 3 N–H and O–H groups in total. The van der Waals surface area contributed by atoms with Crippen molar-refractivity contribution >= 4 is 0 Å². The van der Waals surface area contributed by atoms with Crippen LogP contribution in [-0.2, 0) is 6.42 Å². The van der Waals surface area contributed by atoms with Gasteiger partial charge < -0.3 is 10.8 Å². The largest absolute Gasteiger partial charge is 0.396 e. The first kappa shape index (κ1) is 13.2. The van der Waals surface area contributed by atoms with Crippen molar-refractivity contribution in [1.82, 2.24) is 0 Å². The SMILES string of the molecule is CC(C)c1ccc(CC(C)(CN)CO)cc1. The molecule has 1 aromatic carbocycles. The monoisotopic (exact) mass is 221 g/mol. The van der Waals surface area contributed by atoms with E-state index in [0.29, 0.717) is 12.5 Å². The molecule has 0 saturated heterocycles. The van der Waals surface area contributed by atoms with Crippen LogP contribution in [0.25, 0.3) is 0 Å². The van der Waals surface area contributed by atoms with Crippen LogP contribution in [0, 0.1) is 5.41 Å². The Hall–Kier alpha value is -0.860. The minimum Gasteiger partial charge on any atom is -0.396 e. The van der Waals surface area contributed by atoms with E-state index in [0.717, 1.165) is 6.42 Å². The van der Waals surface area contributed by atoms with Gasteiger partial charge in [0.2, 0.25) is 0 Å². The molecule has 0 radical (unpaired) electrons. The molecule has 1 atom stereocenters. The number of benzene rings is 1. The van der Waals surface area contributed by atoms with Crippen LogP contribution in [0.15, 0.2) is 24.3 Å². The first-order valence-electron chi connectivity index (χ1n) is 5.90. The summed E-state index contributed by atoms with van der Waals surface area (Å²) >= 11 is 0. The number of aliphatic hydroxyl groups is 1. The van der Waals surface area contributed by atoms with Gasteiger partial charge >= 0.3 is 0 Å². The maximum atomic E-state index is 9.31. The van der Waals surface area contributed by atoms with Crippen LogP contribution in [0.2, 0.25) is 0 Å². The van der Waals surface area contributed by atoms with Crippen LogP contribution in [0.5, 0.6) is 0 Å². The average molecular weight is 221 g/mol. The van der Waals surface area contributed by atoms with Crippen molar-refractivity contribution in [3.8, 4) is 0 Å². The van der Waals surface area contributed by atoms with E-state index in [2.05, 4.69) is 38.1 Å². The van der Waals surface area contributed by atoms with Gasteiger partial charge in [0.25, 0.3) is 0 Å². The third-order valence-electron chi connectivity index (χ3n) is 3.15. The van der Waals surface area contributed by atoms with E-state index in [1.165, 1.54) is 11.1 Å². The topological polar surface area (TPSA) is 46.2 Å². The van der Waals surface area contributed by atoms with Gasteiger partial charge in [0.15, 0.2) is 0 Å². The molecule has 0 aromatic heterocycles. The molecule has 0 spiro atoms. The van der Waals surface area contributed by atoms with E-state index in [4.69, 9.17) is 5.73 Å². The summed E-state index contributed by atoms with van der Waals surface area (Å²) in [6, 6.07) is 8.60. The van der Waals surface area contributed by atoms with Gasteiger partial charge in [-0.2, -0.15) is 0 Å². The lowest BCUT2D eigenvalue weighted by Gasteiger charge is -2.25. The Morgan fingerprint density at radius 2 is 1.81 bits per heavy atom. The third kappa shape index (κ3) is 3.32. The van der Waals surface area contributed by atoms with Crippen LogP contribution in [0.3, 0.4) is 0 Å². The first-order chi connectivity index (χ1) is 7.50. The van der Waals surface area contributed by atoms with Gasteiger partial charge in [-0.15, -0.1) is 0 Å². The highest BCUT2D eigenvalue weighted by Crippen LogP contribution is 2.22. The van der Waals surface area contributed by atoms with E-state index in [9.17, 15) is 5.11 Å². The normalized spacial score (nSPS) is 15.1. The average Bonchev–Trinajstić information content (AvgIpc) is 2.29. The molecule has 0 saturated carbocycles. The lowest BCUT2D eigenvalue weighted by Crippen LogP contribution is -2.33. The highest BCUT2D eigenvalue weighted by atomic mass is 16.3. The molecule has 0 bridgehead atoms. The Labute approximate surface area is 98.5 Å². The van der Waals surface area contributed by atoms with Gasteiger partial charge in [0.1, 0.15) is 0 Å². The molecule has 0 amide bonds. The predicted octanol–water partition coefficient (Wildman–Crippen LogP) is 2.31. The molecule has 0 aliphatic carbocycles. The minimum absolute atomic E-state index is 0.134.